The van der Waals surface area contributed by atoms with Gasteiger partial charge in [0.2, 0.25) is 0 Å². The molecule has 1 aromatic heterocycles. The van der Waals surface area contributed by atoms with Crippen LogP contribution in [0.25, 0.3) is 10.8 Å². The second-order valence-electron chi connectivity index (χ2n) is 7.50. The van der Waals surface area contributed by atoms with Crippen molar-refractivity contribution in [3.05, 3.63) is 71.5 Å². The summed E-state index contributed by atoms with van der Waals surface area (Å²) in [5.41, 5.74) is 5.40. The molecule has 0 unspecified atom stereocenters. The number of aryl methyl sites for hydroxylation is 3. The summed E-state index contributed by atoms with van der Waals surface area (Å²) >= 11 is 0. The molecular formula is C24H28N2. The molecule has 2 heteroatoms. The van der Waals surface area contributed by atoms with Crippen LogP contribution in [0.1, 0.15) is 42.5 Å². The molecule has 2 nitrogen and oxygen atoms in total. The summed E-state index contributed by atoms with van der Waals surface area (Å²) in [6.45, 7) is 4.58. The van der Waals surface area contributed by atoms with Gasteiger partial charge in [-0.15, -0.1) is 0 Å². The zero-order valence-electron chi connectivity index (χ0n) is 15.7. The molecule has 1 fully saturated rings. The lowest BCUT2D eigenvalue weighted by molar-refractivity contribution is 0.576. The topological polar surface area (TPSA) is 16.1 Å². The summed E-state index contributed by atoms with van der Waals surface area (Å²) in [7, 11) is 0. The molecule has 2 heterocycles. The second-order valence-corrected chi connectivity index (χ2v) is 7.50. The Morgan fingerprint density at radius 1 is 0.923 bits per heavy atom. The molecular weight excluding hydrogens is 316 g/mol. The first-order chi connectivity index (χ1) is 12.8. The molecule has 0 N–H and O–H groups in total. The second kappa shape index (κ2) is 7.90. The molecule has 1 aliphatic rings. The minimum Gasteiger partial charge on any atom is -0.371 e. The Hall–Kier alpha value is -2.35. The van der Waals surface area contributed by atoms with E-state index in [9.17, 15) is 0 Å². The maximum Gasteiger partial charge on any atom is 0.0429 e. The molecule has 0 atom stereocenters. The van der Waals surface area contributed by atoms with E-state index >= 15 is 0 Å². The molecule has 0 bridgehead atoms. The molecule has 2 aromatic carbocycles. The van der Waals surface area contributed by atoms with Gasteiger partial charge in [0, 0.05) is 30.7 Å². The minimum absolute atomic E-state index is 1.05. The fraction of sp³-hybridized carbons (Fsp3) is 0.375. The lowest BCUT2D eigenvalue weighted by atomic mass is 9.99. The highest BCUT2D eigenvalue weighted by atomic mass is 15.1. The smallest absolute Gasteiger partial charge is 0.0429 e. The van der Waals surface area contributed by atoms with Crippen molar-refractivity contribution < 1.29 is 0 Å². The van der Waals surface area contributed by atoms with Crippen molar-refractivity contribution >= 4 is 16.5 Å². The van der Waals surface area contributed by atoms with Crippen LogP contribution in [0.5, 0.6) is 0 Å². The highest BCUT2D eigenvalue weighted by Crippen LogP contribution is 2.25. The average Bonchev–Trinajstić information content (AvgIpc) is 2.70. The standard InChI is InChI=1S/C24H28N2/c1-19-18-25-22(17-24(19)26-15-5-2-6-16-26)13-8-12-21-11-7-10-20-9-3-4-14-23(20)21/h3-4,7,9-11,14,17-18H,2,5-6,8,12-13,15-16H2,1H3. The summed E-state index contributed by atoms with van der Waals surface area (Å²) in [5, 5.41) is 2.73. The van der Waals surface area contributed by atoms with E-state index < -0.39 is 0 Å². The summed E-state index contributed by atoms with van der Waals surface area (Å²) in [6, 6.07) is 17.7. The summed E-state index contributed by atoms with van der Waals surface area (Å²) in [5.74, 6) is 0. The predicted molar refractivity (Wildman–Crippen MR) is 111 cm³/mol. The van der Waals surface area contributed by atoms with E-state index in [2.05, 4.69) is 66.6 Å². The number of nitrogens with zero attached hydrogens (tertiary/aromatic N) is 2. The Morgan fingerprint density at radius 3 is 2.62 bits per heavy atom. The van der Waals surface area contributed by atoms with Crippen LogP contribution in [-0.2, 0) is 12.8 Å². The van der Waals surface area contributed by atoms with Crippen molar-refractivity contribution in [1.82, 2.24) is 4.98 Å². The van der Waals surface area contributed by atoms with Crippen molar-refractivity contribution in [3.8, 4) is 0 Å². The van der Waals surface area contributed by atoms with E-state index in [-0.39, 0.29) is 0 Å². The van der Waals surface area contributed by atoms with E-state index in [1.54, 1.807) is 0 Å². The number of piperidine rings is 1. The van der Waals surface area contributed by atoms with Gasteiger partial charge in [0.15, 0.2) is 0 Å². The lowest BCUT2D eigenvalue weighted by Crippen LogP contribution is -2.30. The monoisotopic (exact) mass is 344 g/mol. The molecule has 134 valence electrons. The first-order valence-electron chi connectivity index (χ1n) is 9.98. The number of pyridine rings is 1. The van der Waals surface area contributed by atoms with Gasteiger partial charge in [-0.3, -0.25) is 4.98 Å². The fourth-order valence-electron chi connectivity index (χ4n) is 4.14. The normalized spacial score (nSPS) is 14.7. The summed E-state index contributed by atoms with van der Waals surface area (Å²) in [4.78, 5) is 7.25. The first-order valence-corrected chi connectivity index (χ1v) is 9.98. The number of aromatic nitrogens is 1. The van der Waals surface area contributed by atoms with E-state index in [0.29, 0.717) is 0 Å². The van der Waals surface area contributed by atoms with Crippen LogP contribution in [0.3, 0.4) is 0 Å². The Labute approximate surface area is 156 Å². The van der Waals surface area contributed by atoms with Crippen molar-refractivity contribution in [2.45, 2.75) is 45.4 Å². The fourth-order valence-corrected chi connectivity index (χ4v) is 4.14. The van der Waals surface area contributed by atoms with Gasteiger partial charge in [-0.05, 0) is 73.4 Å². The number of fused-ring (bicyclic) bond motifs is 1. The van der Waals surface area contributed by atoms with Gasteiger partial charge in [0.25, 0.3) is 0 Å². The Balaban J connectivity index is 1.44. The third-order valence-corrected chi connectivity index (χ3v) is 5.59. The molecule has 26 heavy (non-hydrogen) atoms. The van der Waals surface area contributed by atoms with Crippen molar-refractivity contribution in [2.24, 2.45) is 0 Å². The van der Waals surface area contributed by atoms with Crippen LogP contribution >= 0.6 is 0 Å². The molecule has 1 aliphatic heterocycles. The Kier molecular flexibility index (Phi) is 5.19. The number of benzene rings is 2. The molecule has 0 aliphatic carbocycles. The lowest BCUT2D eigenvalue weighted by Gasteiger charge is -2.30. The summed E-state index contributed by atoms with van der Waals surface area (Å²) < 4.78 is 0. The van der Waals surface area contributed by atoms with Gasteiger partial charge in [-0.25, -0.2) is 0 Å². The maximum atomic E-state index is 4.70. The third-order valence-electron chi connectivity index (χ3n) is 5.59. The van der Waals surface area contributed by atoms with E-state index in [0.717, 1.165) is 19.3 Å². The van der Waals surface area contributed by atoms with Gasteiger partial charge in [0.1, 0.15) is 0 Å². The third kappa shape index (κ3) is 3.75. The van der Waals surface area contributed by atoms with Crippen LogP contribution < -0.4 is 4.90 Å². The molecule has 0 amide bonds. The van der Waals surface area contributed by atoms with Gasteiger partial charge in [0.05, 0.1) is 0 Å². The van der Waals surface area contributed by atoms with Crippen LogP contribution in [0, 0.1) is 6.92 Å². The maximum absolute atomic E-state index is 4.70. The molecule has 3 aromatic rings. The largest absolute Gasteiger partial charge is 0.371 e. The number of hydrogen-bond acceptors (Lipinski definition) is 2. The van der Waals surface area contributed by atoms with Gasteiger partial charge >= 0.3 is 0 Å². The van der Waals surface area contributed by atoms with Crippen molar-refractivity contribution in [2.75, 3.05) is 18.0 Å². The van der Waals surface area contributed by atoms with Crippen LogP contribution in [0.15, 0.2) is 54.7 Å². The summed E-state index contributed by atoms with van der Waals surface area (Å²) in [6.07, 6.45) is 9.37. The van der Waals surface area contributed by atoms with Gasteiger partial charge < -0.3 is 4.90 Å². The number of rotatable bonds is 5. The highest BCUT2D eigenvalue weighted by molar-refractivity contribution is 5.85. The van der Waals surface area contributed by atoms with Gasteiger partial charge in [-0.2, -0.15) is 0 Å². The van der Waals surface area contributed by atoms with Crippen LogP contribution in [-0.4, -0.2) is 18.1 Å². The van der Waals surface area contributed by atoms with E-state index in [4.69, 9.17) is 4.98 Å². The van der Waals surface area contributed by atoms with Crippen molar-refractivity contribution in [3.63, 3.8) is 0 Å². The van der Waals surface area contributed by atoms with Crippen molar-refractivity contribution in [1.29, 1.82) is 0 Å². The number of hydrogen-bond donors (Lipinski definition) is 0. The molecule has 0 radical (unpaired) electrons. The SMILES string of the molecule is Cc1cnc(CCCc2cccc3ccccc23)cc1N1CCCCC1. The first kappa shape index (κ1) is 17.1. The molecule has 0 spiro atoms. The minimum atomic E-state index is 1.05. The number of anilines is 1. The molecule has 1 saturated heterocycles. The zero-order valence-corrected chi connectivity index (χ0v) is 15.7. The molecule has 4 rings (SSSR count). The average molecular weight is 345 g/mol. The Morgan fingerprint density at radius 2 is 1.73 bits per heavy atom. The van der Waals surface area contributed by atoms with Crippen LogP contribution in [0.4, 0.5) is 5.69 Å². The Bertz CT molecular complexity index is 873. The van der Waals surface area contributed by atoms with E-state index in [1.807, 2.05) is 0 Å². The van der Waals surface area contributed by atoms with E-state index in [1.165, 1.54) is 65.6 Å². The van der Waals surface area contributed by atoms with Crippen LogP contribution in [0.2, 0.25) is 0 Å². The van der Waals surface area contributed by atoms with Gasteiger partial charge in [-0.1, -0.05) is 42.5 Å². The molecule has 0 saturated carbocycles. The zero-order chi connectivity index (χ0) is 17.8. The highest BCUT2D eigenvalue weighted by Gasteiger charge is 2.14. The quantitative estimate of drug-likeness (QED) is 0.589. The predicted octanol–water partition coefficient (Wildman–Crippen LogP) is 5.71.